The van der Waals surface area contributed by atoms with E-state index in [0.29, 0.717) is 0 Å². The van der Waals surface area contributed by atoms with E-state index in [2.05, 4.69) is 228 Å². The van der Waals surface area contributed by atoms with Crippen LogP contribution in [-0.2, 0) is 5.41 Å². The van der Waals surface area contributed by atoms with Crippen molar-refractivity contribution in [2.75, 3.05) is 4.90 Å². The lowest BCUT2D eigenvalue weighted by Crippen LogP contribution is -2.32. The standard InChI is InChI=1S/C59H40N2S/c1-3-15-39(16-4-1)40-27-30-43(31-28-40)60(42-18-5-2-6-19-42)44-32-34-45(35-33-44)61-53-37-29-41-17-7-8-20-46(41)56(53)57-54(61)38-36-52-58(57)62-55-26-14-13-25-51(55)59(52)49-23-11-9-21-47(49)48-22-10-12-24-50(48)59/h1,3-5,7-38H,2,6H2. The summed E-state index contributed by atoms with van der Waals surface area (Å²) in [6.07, 6.45) is 9.03. The van der Waals surface area contributed by atoms with Gasteiger partial charge in [0.05, 0.1) is 16.4 Å². The molecule has 0 saturated carbocycles. The van der Waals surface area contributed by atoms with Gasteiger partial charge in [-0.05, 0) is 129 Å². The van der Waals surface area contributed by atoms with Crippen LogP contribution in [-0.4, -0.2) is 4.57 Å². The molecular formula is C59H40N2S. The normalized spacial score (nSPS) is 14.4. The van der Waals surface area contributed by atoms with Crippen LogP contribution in [0.1, 0.15) is 35.1 Å². The van der Waals surface area contributed by atoms with Gasteiger partial charge in [0.2, 0.25) is 0 Å². The molecule has 1 aromatic heterocycles. The molecule has 0 fully saturated rings. The molecular weight excluding hydrogens is 769 g/mol. The number of aromatic nitrogens is 1. The van der Waals surface area contributed by atoms with E-state index in [-0.39, 0.29) is 0 Å². The first-order valence-electron chi connectivity index (χ1n) is 21.7. The van der Waals surface area contributed by atoms with E-state index in [9.17, 15) is 0 Å². The maximum atomic E-state index is 2.50. The van der Waals surface area contributed by atoms with Crippen LogP contribution in [0.5, 0.6) is 0 Å². The predicted molar refractivity (Wildman–Crippen MR) is 260 cm³/mol. The summed E-state index contributed by atoms with van der Waals surface area (Å²) in [5.41, 5.74) is 17.1. The highest BCUT2D eigenvalue weighted by Crippen LogP contribution is 2.63. The van der Waals surface area contributed by atoms with Crippen LogP contribution in [0.3, 0.4) is 0 Å². The molecule has 2 nitrogen and oxygen atoms in total. The second-order valence-electron chi connectivity index (χ2n) is 16.7. The van der Waals surface area contributed by atoms with Gasteiger partial charge in [-0.2, -0.15) is 0 Å². The van der Waals surface area contributed by atoms with Crippen LogP contribution in [0.4, 0.5) is 11.4 Å². The highest BCUT2D eigenvalue weighted by Gasteiger charge is 2.50. The smallest absolute Gasteiger partial charge is 0.0735 e. The molecule has 1 aliphatic heterocycles. The quantitative estimate of drug-likeness (QED) is 0.171. The summed E-state index contributed by atoms with van der Waals surface area (Å²) < 4.78 is 2.50. The van der Waals surface area contributed by atoms with Crippen LogP contribution >= 0.6 is 11.8 Å². The zero-order chi connectivity index (χ0) is 40.8. The molecule has 0 saturated heterocycles. The largest absolute Gasteiger partial charge is 0.311 e. The van der Waals surface area contributed by atoms with Gasteiger partial charge < -0.3 is 9.47 Å². The topological polar surface area (TPSA) is 8.17 Å². The van der Waals surface area contributed by atoms with Gasteiger partial charge in [0.15, 0.2) is 0 Å². The first-order valence-corrected chi connectivity index (χ1v) is 22.5. The maximum absolute atomic E-state index is 2.50. The lowest BCUT2D eigenvalue weighted by molar-refractivity contribution is 0.726. The average molecular weight is 809 g/mol. The van der Waals surface area contributed by atoms with Gasteiger partial charge >= 0.3 is 0 Å². The fourth-order valence-electron chi connectivity index (χ4n) is 10.9. The van der Waals surface area contributed by atoms with E-state index in [0.717, 1.165) is 29.9 Å². The number of hydrogen-bond acceptors (Lipinski definition) is 2. The van der Waals surface area contributed by atoms with Crippen molar-refractivity contribution in [2.45, 2.75) is 28.0 Å². The summed E-state index contributed by atoms with van der Waals surface area (Å²) in [4.78, 5) is 5.05. The molecule has 0 amide bonds. The molecule has 292 valence electrons. The maximum Gasteiger partial charge on any atom is 0.0735 e. The van der Waals surface area contributed by atoms with Crippen LogP contribution in [0.2, 0.25) is 0 Å². The molecule has 0 radical (unpaired) electrons. The Kier molecular flexibility index (Phi) is 7.92. The third kappa shape index (κ3) is 5.06. The molecule has 0 N–H and O–H groups in total. The molecule has 13 rings (SSSR count). The molecule has 0 bridgehead atoms. The highest BCUT2D eigenvalue weighted by molar-refractivity contribution is 7.99. The van der Waals surface area contributed by atoms with Gasteiger partial charge in [0.25, 0.3) is 0 Å². The molecule has 3 aliphatic rings. The summed E-state index contributed by atoms with van der Waals surface area (Å²) in [6, 6.07) is 74.6. The van der Waals surface area contributed by atoms with Crippen molar-refractivity contribution in [3.63, 3.8) is 0 Å². The van der Waals surface area contributed by atoms with Gasteiger partial charge in [-0.3, -0.25) is 0 Å². The Morgan fingerprint density at radius 1 is 0.468 bits per heavy atom. The third-order valence-electron chi connectivity index (χ3n) is 13.5. The van der Waals surface area contributed by atoms with Gasteiger partial charge in [0.1, 0.15) is 0 Å². The molecule has 62 heavy (non-hydrogen) atoms. The minimum Gasteiger partial charge on any atom is -0.311 e. The summed E-state index contributed by atoms with van der Waals surface area (Å²) in [5, 5.41) is 5.15. The Hall–Kier alpha value is -7.33. The Balaban J connectivity index is 1.03. The Bertz CT molecular complexity index is 3440. The van der Waals surface area contributed by atoms with E-state index in [1.165, 1.54) is 92.6 Å². The van der Waals surface area contributed by atoms with E-state index in [1.54, 1.807) is 0 Å². The van der Waals surface area contributed by atoms with E-state index in [4.69, 9.17) is 0 Å². The first kappa shape index (κ1) is 35.4. The van der Waals surface area contributed by atoms with Gasteiger partial charge in [-0.15, -0.1) is 0 Å². The zero-order valence-electron chi connectivity index (χ0n) is 34.0. The number of fused-ring (bicyclic) bond motifs is 15. The molecule has 9 aromatic carbocycles. The predicted octanol–water partition coefficient (Wildman–Crippen LogP) is 15.8. The number of benzene rings is 9. The Morgan fingerprint density at radius 2 is 1.08 bits per heavy atom. The van der Waals surface area contributed by atoms with Crippen molar-refractivity contribution in [2.24, 2.45) is 0 Å². The lowest BCUT2D eigenvalue weighted by atomic mass is 9.67. The first-order chi connectivity index (χ1) is 30.8. The van der Waals surface area contributed by atoms with Gasteiger partial charge in [-0.25, -0.2) is 0 Å². The molecule has 2 aliphatic carbocycles. The fourth-order valence-corrected chi connectivity index (χ4v) is 12.2. The summed E-state index contributed by atoms with van der Waals surface area (Å²) in [7, 11) is 0. The van der Waals surface area contributed by atoms with Crippen molar-refractivity contribution in [3.8, 4) is 27.9 Å². The monoisotopic (exact) mass is 808 g/mol. The second-order valence-corrected chi connectivity index (χ2v) is 17.7. The number of nitrogens with zero attached hydrogens (tertiary/aromatic N) is 2. The lowest BCUT2D eigenvalue weighted by Gasteiger charge is -2.40. The summed E-state index contributed by atoms with van der Waals surface area (Å²) in [6.45, 7) is 0. The summed E-state index contributed by atoms with van der Waals surface area (Å²) >= 11 is 1.94. The Morgan fingerprint density at radius 3 is 1.82 bits per heavy atom. The third-order valence-corrected chi connectivity index (χ3v) is 14.7. The second kappa shape index (κ2) is 13.9. The van der Waals surface area contributed by atoms with Crippen LogP contribution in [0.25, 0.3) is 60.5 Å². The van der Waals surface area contributed by atoms with Crippen molar-refractivity contribution in [1.29, 1.82) is 0 Å². The molecule has 10 aromatic rings. The number of rotatable bonds is 5. The van der Waals surface area contributed by atoms with Crippen LogP contribution in [0.15, 0.2) is 234 Å². The van der Waals surface area contributed by atoms with Crippen molar-refractivity contribution < 1.29 is 0 Å². The zero-order valence-corrected chi connectivity index (χ0v) is 34.8. The SMILES string of the molecule is C1=CC(N(c2ccc(-c3ccccc3)cc2)c2ccc(-n3c4ccc5c(c4c4c6ccccc6ccc43)Sc3ccccc3C53c4ccccc4-c4ccccc43)cc2)=CCC1. The number of anilines is 2. The fraction of sp³-hybridized carbons (Fsp3) is 0.0508. The Labute approximate surface area is 365 Å². The average Bonchev–Trinajstić information content (AvgIpc) is 3.84. The molecule has 0 atom stereocenters. The molecule has 2 heterocycles. The van der Waals surface area contributed by atoms with Crippen LogP contribution < -0.4 is 4.90 Å². The van der Waals surface area contributed by atoms with Crippen LogP contribution in [0, 0.1) is 0 Å². The number of hydrogen-bond donors (Lipinski definition) is 0. The van der Waals surface area contributed by atoms with E-state index in [1.807, 2.05) is 11.8 Å². The minimum absolute atomic E-state index is 0.440. The van der Waals surface area contributed by atoms with Gasteiger partial charge in [-0.1, -0.05) is 170 Å². The molecule has 3 heteroatoms. The minimum atomic E-state index is -0.440. The molecule has 1 spiro atoms. The van der Waals surface area contributed by atoms with Crippen molar-refractivity contribution in [1.82, 2.24) is 4.57 Å². The highest BCUT2D eigenvalue weighted by atomic mass is 32.2. The van der Waals surface area contributed by atoms with E-state index < -0.39 is 5.41 Å². The van der Waals surface area contributed by atoms with Crippen molar-refractivity contribution >= 4 is 55.7 Å². The van der Waals surface area contributed by atoms with Crippen molar-refractivity contribution in [3.05, 3.63) is 246 Å². The molecule has 0 unspecified atom stereocenters. The summed E-state index contributed by atoms with van der Waals surface area (Å²) in [5.74, 6) is 0. The number of allylic oxidation sites excluding steroid dienone is 3. The van der Waals surface area contributed by atoms with E-state index >= 15 is 0 Å². The van der Waals surface area contributed by atoms with Gasteiger partial charge in [0, 0.05) is 43.3 Å².